The van der Waals surface area contributed by atoms with Crippen LogP contribution in [0.1, 0.15) is 0 Å². The van der Waals surface area contributed by atoms with Crippen molar-refractivity contribution < 1.29 is 0 Å². The van der Waals surface area contributed by atoms with E-state index < -0.39 is 0 Å². The number of aromatic nitrogens is 4. The molecule has 0 fully saturated rings. The van der Waals surface area contributed by atoms with Crippen molar-refractivity contribution in [2.75, 3.05) is 0 Å². The van der Waals surface area contributed by atoms with Crippen LogP contribution in [0.2, 0.25) is 0 Å². The fourth-order valence-electron chi connectivity index (χ4n) is 7.54. The summed E-state index contributed by atoms with van der Waals surface area (Å²) in [6.45, 7) is 0. The standard InChI is InChI=1S/C51H34N4/c1-4-14-38(15-5-1)47-34-48(39-16-6-2-7-17-39)53-50(52-47)45-33-32-42(43-20-10-11-21-44(43)45)37-28-24-35(25-29-37)36-26-30-40(31-27-36)51-54-46-22-12-13-23-49(46)55(51)41-18-8-3-9-19-41/h1-34H. The molecule has 4 heteroatoms. The summed E-state index contributed by atoms with van der Waals surface area (Å²) < 4.78 is 2.24. The lowest BCUT2D eigenvalue weighted by Gasteiger charge is -2.14. The second-order valence-corrected chi connectivity index (χ2v) is 13.7. The number of benzene rings is 8. The lowest BCUT2D eigenvalue weighted by atomic mass is 9.93. The first kappa shape index (κ1) is 32.2. The topological polar surface area (TPSA) is 43.6 Å². The Labute approximate surface area is 319 Å². The van der Waals surface area contributed by atoms with Crippen molar-refractivity contribution in [3.8, 4) is 73.2 Å². The van der Waals surface area contributed by atoms with Crippen molar-refractivity contribution in [2.45, 2.75) is 0 Å². The molecule has 0 radical (unpaired) electrons. The van der Waals surface area contributed by atoms with Gasteiger partial charge in [0.25, 0.3) is 0 Å². The number of fused-ring (bicyclic) bond motifs is 2. The molecule has 0 aliphatic rings. The van der Waals surface area contributed by atoms with E-state index in [2.05, 4.69) is 162 Å². The molecule has 10 aromatic rings. The monoisotopic (exact) mass is 702 g/mol. The molecule has 0 N–H and O–H groups in total. The van der Waals surface area contributed by atoms with Crippen molar-refractivity contribution in [3.63, 3.8) is 0 Å². The van der Waals surface area contributed by atoms with E-state index in [0.717, 1.165) is 83.6 Å². The molecule has 0 bridgehead atoms. The molecular weight excluding hydrogens is 669 g/mol. The number of hydrogen-bond donors (Lipinski definition) is 0. The molecule has 2 aromatic heterocycles. The fraction of sp³-hybridized carbons (Fsp3) is 0. The summed E-state index contributed by atoms with van der Waals surface area (Å²) in [7, 11) is 0. The van der Waals surface area contributed by atoms with Gasteiger partial charge in [-0.15, -0.1) is 0 Å². The van der Waals surface area contributed by atoms with Crippen LogP contribution in [0, 0.1) is 0 Å². The smallest absolute Gasteiger partial charge is 0.161 e. The third kappa shape index (κ3) is 6.06. The summed E-state index contributed by atoms with van der Waals surface area (Å²) in [5, 5.41) is 2.28. The van der Waals surface area contributed by atoms with Crippen LogP contribution in [-0.4, -0.2) is 19.5 Å². The molecule has 0 spiro atoms. The molecule has 0 atom stereocenters. The maximum absolute atomic E-state index is 5.14. The molecule has 0 saturated heterocycles. The van der Waals surface area contributed by atoms with Gasteiger partial charge in [-0.1, -0.05) is 170 Å². The first-order valence-electron chi connectivity index (χ1n) is 18.5. The molecule has 0 saturated carbocycles. The number of rotatable bonds is 7. The summed E-state index contributed by atoms with van der Waals surface area (Å²) in [4.78, 5) is 15.3. The van der Waals surface area contributed by atoms with Crippen molar-refractivity contribution >= 4 is 21.8 Å². The first-order valence-corrected chi connectivity index (χ1v) is 18.5. The Morgan fingerprint density at radius 3 is 1.42 bits per heavy atom. The van der Waals surface area contributed by atoms with Crippen LogP contribution < -0.4 is 0 Å². The normalized spacial score (nSPS) is 11.3. The minimum atomic E-state index is 0.709. The Morgan fingerprint density at radius 2 is 0.800 bits per heavy atom. The van der Waals surface area contributed by atoms with Gasteiger partial charge in [-0.05, 0) is 69.4 Å². The summed E-state index contributed by atoms with van der Waals surface area (Å²) in [6, 6.07) is 72.1. The van der Waals surface area contributed by atoms with Crippen LogP contribution in [0.4, 0.5) is 0 Å². The average molecular weight is 703 g/mol. The molecule has 55 heavy (non-hydrogen) atoms. The number of hydrogen-bond acceptors (Lipinski definition) is 3. The highest BCUT2D eigenvalue weighted by Crippen LogP contribution is 2.37. The third-order valence-corrected chi connectivity index (χ3v) is 10.3. The van der Waals surface area contributed by atoms with Crippen LogP contribution in [0.3, 0.4) is 0 Å². The van der Waals surface area contributed by atoms with E-state index >= 15 is 0 Å². The minimum absolute atomic E-state index is 0.709. The van der Waals surface area contributed by atoms with E-state index in [0.29, 0.717) is 5.82 Å². The Hall–Kier alpha value is -7.43. The number of imidazole rings is 1. The number of para-hydroxylation sites is 3. The Bertz CT molecular complexity index is 2880. The Morgan fingerprint density at radius 1 is 0.327 bits per heavy atom. The van der Waals surface area contributed by atoms with Gasteiger partial charge in [0.05, 0.1) is 22.4 Å². The van der Waals surface area contributed by atoms with Crippen molar-refractivity contribution in [1.82, 2.24) is 19.5 Å². The van der Waals surface area contributed by atoms with E-state index in [9.17, 15) is 0 Å². The predicted octanol–water partition coefficient (Wildman–Crippen LogP) is 13.0. The molecule has 10 rings (SSSR count). The highest BCUT2D eigenvalue weighted by Gasteiger charge is 2.17. The molecule has 8 aromatic carbocycles. The molecule has 0 unspecified atom stereocenters. The van der Waals surface area contributed by atoms with E-state index in [1.807, 2.05) is 48.5 Å². The van der Waals surface area contributed by atoms with Crippen molar-refractivity contribution in [1.29, 1.82) is 0 Å². The lowest BCUT2D eigenvalue weighted by molar-refractivity contribution is 1.10. The second kappa shape index (κ2) is 13.8. The largest absolute Gasteiger partial charge is 0.292 e. The quantitative estimate of drug-likeness (QED) is 0.166. The molecule has 0 aliphatic heterocycles. The zero-order valence-corrected chi connectivity index (χ0v) is 29.9. The van der Waals surface area contributed by atoms with Crippen molar-refractivity contribution in [2.24, 2.45) is 0 Å². The van der Waals surface area contributed by atoms with Crippen LogP contribution in [0.5, 0.6) is 0 Å². The Balaban J connectivity index is 0.993. The van der Waals surface area contributed by atoms with Crippen LogP contribution in [0.15, 0.2) is 206 Å². The minimum Gasteiger partial charge on any atom is -0.292 e. The van der Waals surface area contributed by atoms with Gasteiger partial charge in [0, 0.05) is 27.9 Å². The van der Waals surface area contributed by atoms with Gasteiger partial charge in [-0.25, -0.2) is 15.0 Å². The van der Waals surface area contributed by atoms with Crippen LogP contribution >= 0.6 is 0 Å². The zero-order chi connectivity index (χ0) is 36.6. The van der Waals surface area contributed by atoms with Gasteiger partial charge >= 0.3 is 0 Å². The molecular formula is C51H34N4. The summed E-state index contributed by atoms with van der Waals surface area (Å²) in [5.74, 6) is 1.64. The summed E-state index contributed by atoms with van der Waals surface area (Å²) >= 11 is 0. The predicted molar refractivity (Wildman–Crippen MR) is 227 cm³/mol. The molecule has 0 amide bonds. The van der Waals surface area contributed by atoms with Gasteiger partial charge in [0.2, 0.25) is 0 Å². The third-order valence-electron chi connectivity index (χ3n) is 10.3. The van der Waals surface area contributed by atoms with Crippen molar-refractivity contribution in [3.05, 3.63) is 206 Å². The SMILES string of the molecule is c1ccc(-c2cc(-c3ccccc3)nc(-c3ccc(-c4ccc(-c5ccc(-c6nc7ccccc7n6-c6ccccc6)cc5)cc4)c4ccccc34)n2)cc1. The molecule has 2 heterocycles. The zero-order valence-electron chi connectivity index (χ0n) is 29.9. The van der Waals surface area contributed by atoms with Gasteiger partial charge in [-0.2, -0.15) is 0 Å². The molecule has 0 aliphatic carbocycles. The maximum atomic E-state index is 5.14. The van der Waals surface area contributed by atoms with Crippen LogP contribution in [0.25, 0.3) is 95.0 Å². The van der Waals surface area contributed by atoms with E-state index in [4.69, 9.17) is 15.0 Å². The Kier molecular flexibility index (Phi) is 8.12. The first-order chi connectivity index (χ1) is 27.3. The second-order valence-electron chi connectivity index (χ2n) is 13.7. The van der Waals surface area contributed by atoms with Gasteiger partial charge in [0.1, 0.15) is 5.82 Å². The summed E-state index contributed by atoms with van der Waals surface area (Å²) in [6.07, 6.45) is 0. The van der Waals surface area contributed by atoms with E-state index in [-0.39, 0.29) is 0 Å². The van der Waals surface area contributed by atoms with Gasteiger partial charge in [-0.3, -0.25) is 4.57 Å². The van der Waals surface area contributed by atoms with Gasteiger partial charge in [0.15, 0.2) is 5.82 Å². The highest BCUT2D eigenvalue weighted by molar-refractivity contribution is 6.04. The summed E-state index contributed by atoms with van der Waals surface area (Å²) in [5.41, 5.74) is 13.8. The van der Waals surface area contributed by atoms with Gasteiger partial charge < -0.3 is 0 Å². The average Bonchev–Trinajstić information content (AvgIpc) is 3.67. The lowest BCUT2D eigenvalue weighted by Crippen LogP contribution is -1.97. The molecule has 258 valence electrons. The number of nitrogens with zero attached hydrogens (tertiary/aromatic N) is 4. The highest BCUT2D eigenvalue weighted by atomic mass is 15.1. The van der Waals surface area contributed by atoms with E-state index in [1.54, 1.807) is 0 Å². The fourth-order valence-corrected chi connectivity index (χ4v) is 7.54. The molecule has 4 nitrogen and oxygen atoms in total. The van der Waals surface area contributed by atoms with Crippen LogP contribution in [-0.2, 0) is 0 Å². The van der Waals surface area contributed by atoms with E-state index in [1.165, 1.54) is 5.56 Å². The maximum Gasteiger partial charge on any atom is 0.161 e.